The second kappa shape index (κ2) is 9.37. The smallest absolute Gasteiger partial charge is 0.248 e. The fourth-order valence-corrected chi connectivity index (χ4v) is 2.20. The molecule has 132 valence electrons. The van der Waals surface area contributed by atoms with Crippen molar-refractivity contribution in [3.63, 3.8) is 0 Å². The summed E-state index contributed by atoms with van der Waals surface area (Å²) in [6.45, 7) is 2.64. The molecule has 0 saturated carbocycles. The predicted molar refractivity (Wildman–Crippen MR) is 99.4 cm³/mol. The van der Waals surface area contributed by atoms with Crippen LogP contribution in [0.2, 0.25) is 0 Å². The molecule has 25 heavy (non-hydrogen) atoms. The normalized spacial score (nSPS) is 10.5. The van der Waals surface area contributed by atoms with Crippen LogP contribution in [0.15, 0.2) is 48.5 Å². The number of ether oxygens (including phenoxy) is 3. The number of methoxy groups -OCH3 is 2. The van der Waals surface area contributed by atoms with E-state index < -0.39 is 0 Å². The molecule has 0 aliphatic rings. The molecule has 0 bridgehead atoms. The summed E-state index contributed by atoms with van der Waals surface area (Å²) in [6.07, 6.45) is 4.06. The molecule has 2 rings (SSSR count). The van der Waals surface area contributed by atoms with Gasteiger partial charge < -0.3 is 19.5 Å². The van der Waals surface area contributed by atoms with Crippen LogP contribution < -0.4 is 19.5 Å². The zero-order valence-electron chi connectivity index (χ0n) is 14.7. The van der Waals surface area contributed by atoms with Crippen molar-refractivity contribution in [1.82, 2.24) is 0 Å². The number of nitrogens with one attached hydrogen (secondary N) is 1. The third-order valence-electron chi connectivity index (χ3n) is 3.46. The fourth-order valence-electron chi connectivity index (χ4n) is 2.20. The van der Waals surface area contributed by atoms with E-state index in [1.165, 1.54) is 6.08 Å². The van der Waals surface area contributed by atoms with Gasteiger partial charge in [0.15, 0.2) is 0 Å². The minimum absolute atomic E-state index is 0.245. The van der Waals surface area contributed by atoms with Gasteiger partial charge in [-0.2, -0.15) is 0 Å². The lowest BCUT2D eigenvalue weighted by Crippen LogP contribution is -2.09. The van der Waals surface area contributed by atoms with Gasteiger partial charge in [-0.1, -0.05) is 19.1 Å². The molecule has 0 aliphatic carbocycles. The van der Waals surface area contributed by atoms with Gasteiger partial charge in [-0.3, -0.25) is 4.79 Å². The first-order chi connectivity index (χ1) is 12.2. The van der Waals surface area contributed by atoms with Gasteiger partial charge in [-0.15, -0.1) is 0 Å². The fraction of sp³-hybridized carbons (Fsp3) is 0.250. The maximum absolute atomic E-state index is 12.2. The van der Waals surface area contributed by atoms with Crippen molar-refractivity contribution in [2.75, 3.05) is 26.1 Å². The Balaban J connectivity index is 2.09. The summed E-state index contributed by atoms with van der Waals surface area (Å²) < 4.78 is 16.1. The van der Waals surface area contributed by atoms with E-state index in [1.54, 1.807) is 26.4 Å². The largest absolute Gasteiger partial charge is 0.497 e. The third-order valence-corrected chi connectivity index (χ3v) is 3.46. The van der Waals surface area contributed by atoms with Gasteiger partial charge >= 0.3 is 0 Å². The number of carbonyl (C=O) groups is 1. The van der Waals surface area contributed by atoms with Crippen LogP contribution in [-0.2, 0) is 4.79 Å². The molecule has 0 heterocycles. The molecule has 1 N–H and O–H groups in total. The molecular weight excluding hydrogens is 318 g/mol. The van der Waals surface area contributed by atoms with Crippen LogP contribution in [0.3, 0.4) is 0 Å². The van der Waals surface area contributed by atoms with E-state index in [9.17, 15) is 4.79 Å². The van der Waals surface area contributed by atoms with Crippen LogP contribution in [0.5, 0.6) is 17.2 Å². The molecule has 0 aromatic heterocycles. The summed E-state index contributed by atoms with van der Waals surface area (Å²) in [4.78, 5) is 12.2. The molecule has 5 heteroatoms. The zero-order chi connectivity index (χ0) is 18.1. The van der Waals surface area contributed by atoms with Gasteiger partial charge in [-0.25, -0.2) is 0 Å². The highest BCUT2D eigenvalue weighted by Crippen LogP contribution is 2.26. The van der Waals surface area contributed by atoms with E-state index >= 15 is 0 Å². The lowest BCUT2D eigenvalue weighted by molar-refractivity contribution is -0.111. The van der Waals surface area contributed by atoms with E-state index in [1.807, 2.05) is 43.3 Å². The summed E-state index contributed by atoms with van der Waals surface area (Å²) in [5.41, 5.74) is 1.43. The molecule has 1 amide bonds. The molecule has 5 nitrogen and oxygen atoms in total. The van der Waals surface area contributed by atoms with Gasteiger partial charge in [-0.05, 0) is 36.8 Å². The summed E-state index contributed by atoms with van der Waals surface area (Å²) in [7, 11) is 3.17. The molecule has 0 saturated heterocycles. The first-order valence-corrected chi connectivity index (χ1v) is 8.10. The van der Waals surface area contributed by atoms with Gasteiger partial charge in [0.25, 0.3) is 0 Å². The Hall–Kier alpha value is -2.95. The molecule has 2 aromatic carbocycles. The molecule has 2 aromatic rings. The number of para-hydroxylation sites is 2. The van der Waals surface area contributed by atoms with Crippen molar-refractivity contribution in [2.45, 2.75) is 13.3 Å². The molecule has 0 aliphatic heterocycles. The average Bonchev–Trinajstić information content (AvgIpc) is 2.65. The number of hydrogen-bond acceptors (Lipinski definition) is 4. The van der Waals surface area contributed by atoms with E-state index in [-0.39, 0.29) is 5.91 Å². The average molecular weight is 341 g/mol. The minimum Gasteiger partial charge on any atom is -0.497 e. The van der Waals surface area contributed by atoms with Crippen molar-refractivity contribution >= 4 is 17.7 Å². The van der Waals surface area contributed by atoms with Gasteiger partial charge in [0.2, 0.25) is 5.91 Å². The lowest BCUT2D eigenvalue weighted by atomic mass is 10.1. The Labute approximate surface area is 148 Å². The highest BCUT2D eigenvalue weighted by molar-refractivity contribution is 6.02. The van der Waals surface area contributed by atoms with E-state index in [2.05, 4.69) is 5.32 Å². The Morgan fingerprint density at radius 2 is 1.88 bits per heavy atom. The predicted octanol–water partition coefficient (Wildman–Crippen LogP) is 4.14. The number of carbonyl (C=O) groups excluding carboxylic acids is 1. The van der Waals surface area contributed by atoms with Crippen LogP contribution in [0.25, 0.3) is 6.08 Å². The maximum Gasteiger partial charge on any atom is 0.248 e. The lowest BCUT2D eigenvalue weighted by Gasteiger charge is -2.11. The first kappa shape index (κ1) is 18.4. The Morgan fingerprint density at radius 1 is 1.08 bits per heavy atom. The number of rotatable bonds is 8. The van der Waals surface area contributed by atoms with E-state index in [0.717, 1.165) is 12.0 Å². The second-order valence-corrected chi connectivity index (χ2v) is 5.28. The number of anilines is 1. The maximum atomic E-state index is 12.2. The quantitative estimate of drug-likeness (QED) is 0.733. The van der Waals surface area contributed by atoms with Crippen LogP contribution in [-0.4, -0.2) is 26.7 Å². The third kappa shape index (κ3) is 5.28. The molecular formula is C20H23NO4. The minimum atomic E-state index is -0.245. The van der Waals surface area contributed by atoms with Gasteiger partial charge in [0.05, 0.1) is 26.5 Å². The standard InChI is InChI=1S/C20H23NO4/c1-4-13-25-18-8-6-5-7-17(18)21-20(22)12-10-15-9-11-16(23-2)14-19(15)24-3/h5-12,14H,4,13H2,1-3H3,(H,21,22)/b12-10+. The van der Waals surface area contributed by atoms with E-state index in [4.69, 9.17) is 14.2 Å². The SMILES string of the molecule is CCCOc1ccccc1NC(=O)/C=C/c1ccc(OC)cc1OC. The topological polar surface area (TPSA) is 56.8 Å². The number of amides is 1. The van der Waals surface area contributed by atoms with Gasteiger partial charge in [0, 0.05) is 17.7 Å². The molecule has 0 radical (unpaired) electrons. The van der Waals surface area contributed by atoms with Crippen molar-refractivity contribution < 1.29 is 19.0 Å². The van der Waals surface area contributed by atoms with Crippen LogP contribution in [0, 0.1) is 0 Å². The summed E-state index contributed by atoms with van der Waals surface area (Å²) in [5, 5.41) is 2.83. The van der Waals surface area contributed by atoms with Crippen molar-refractivity contribution in [3.05, 3.63) is 54.1 Å². The van der Waals surface area contributed by atoms with Gasteiger partial charge in [0.1, 0.15) is 17.2 Å². The Bertz CT molecular complexity index is 740. The molecule has 0 atom stereocenters. The Morgan fingerprint density at radius 3 is 2.60 bits per heavy atom. The summed E-state index contributed by atoms with van der Waals surface area (Å²) in [6, 6.07) is 12.8. The van der Waals surface area contributed by atoms with Crippen molar-refractivity contribution in [2.24, 2.45) is 0 Å². The molecule has 0 fully saturated rings. The first-order valence-electron chi connectivity index (χ1n) is 8.10. The summed E-state index contributed by atoms with van der Waals surface area (Å²) in [5.74, 6) is 1.74. The zero-order valence-corrected chi connectivity index (χ0v) is 14.7. The highest BCUT2D eigenvalue weighted by Gasteiger charge is 2.06. The highest BCUT2D eigenvalue weighted by atomic mass is 16.5. The summed E-state index contributed by atoms with van der Waals surface area (Å²) >= 11 is 0. The van der Waals surface area contributed by atoms with Crippen molar-refractivity contribution in [3.8, 4) is 17.2 Å². The van der Waals surface area contributed by atoms with Crippen LogP contribution >= 0.6 is 0 Å². The Kier molecular flexibility index (Phi) is 6.89. The molecule has 0 spiro atoms. The van der Waals surface area contributed by atoms with Crippen molar-refractivity contribution in [1.29, 1.82) is 0 Å². The molecule has 0 unspecified atom stereocenters. The second-order valence-electron chi connectivity index (χ2n) is 5.28. The van der Waals surface area contributed by atoms with E-state index in [0.29, 0.717) is 29.5 Å². The monoisotopic (exact) mass is 341 g/mol. The number of benzene rings is 2. The number of hydrogen-bond donors (Lipinski definition) is 1. The van der Waals surface area contributed by atoms with Crippen LogP contribution in [0.1, 0.15) is 18.9 Å². The van der Waals surface area contributed by atoms with Crippen LogP contribution in [0.4, 0.5) is 5.69 Å².